The van der Waals surface area contributed by atoms with E-state index in [1.807, 2.05) is 6.07 Å². The average Bonchev–Trinajstić information content (AvgIpc) is 3.85. The summed E-state index contributed by atoms with van der Waals surface area (Å²) in [7, 11) is 0. The number of hydrogen-bond acceptors (Lipinski definition) is 2. The van der Waals surface area contributed by atoms with Gasteiger partial charge < -0.3 is 4.57 Å². The van der Waals surface area contributed by atoms with E-state index in [4.69, 9.17) is 9.97 Å². The van der Waals surface area contributed by atoms with Gasteiger partial charge in [-0.25, -0.2) is 9.97 Å². The number of nitrogens with zero attached hydrogens (tertiary/aromatic N) is 4. The van der Waals surface area contributed by atoms with Crippen LogP contribution in [0.25, 0.3) is 88.8 Å². The Morgan fingerprint density at radius 2 is 1.02 bits per heavy atom. The van der Waals surface area contributed by atoms with E-state index in [0.717, 1.165) is 51.6 Å². The lowest BCUT2D eigenvalue weighted by Gasteiger charge is -2.15. The first kappa shape index (κ1) is 28.1. The van der Waals surface area contributed by atoms with Crippen molar-refractivity contribution in [3.8, 4) is 45.1 Å². The first-order valence-electron chi connectivity index (χ1n) is 17.5. The first-order chi connectivity index (χ1) is 25.3. The molecule has 0 saturated carbocycles. The van der Waals surface area contributed by atoms with Gasteiger partial charge in [-0.1, -0.05) is 127 Å². The highest BCUT2D eigenvalue weighted by molar-refractivity contribution is 6.12. The quantitative estimate of drug-likeness (QED) is 0.190. The molecule has 0 aliphatic heterocycles. The molecule has 51 heavy (non-hydrogen) atoms. The van der Waals surface area contributed by atoms with Gasteiger partial charge in [-0.05, 0) is 64.7 Å². The van der Waals surface area contributed by atoms with Crippen LogP contribution in [0, 0.1) is 0 Å². The Morgan fingerprint density at radius 3 is 1.84 bits per heavy atom. The third-order valence-corrected chi connectivity index (χ3v) is 10.5. The highest BCUT2D eigenvalue weighted by atomic mass is 15.1. The maximum atomic E-state index is 5.41. The predicted octanol–water partition coefficient (Wildman–Crippen LogP) is 11.6. The fourth-order valence-electron chi connectivity index (χ4n) is 8.26. The molecule has 7 aromatic carbocycles. The Labute approximate surface area is 294 Å². The van der Waals surface area contributed by atoms with E-state index in [-0.39, 0.29) is 0 Å². The summed E-state index contributed by atoms with van der Waals surface area (Å²) < 4.78 is 4.75. The fraction of sp³-hybridized carbons (Fsp3) is 0.0213. The number of para-hydroxylation sites is 3. The van der Waals surface area contributed by atoms with Crippen molar-refractivity contribution in [3.63, 3.8) is 0 Å². The summed E-state index contributed by atoms with van der Waals surface area (Å²) in [6.07, 6.45) is 0.792. The molecule has 11 rings (SSSR count). The largest absolute Gasteiger partial charge is 0.309 e. The molecule has 10 aromatic rings. The summed E-state index contributed by atoms with van der Waals surface area (Å²) in [4.78, 5) is 10.6. The molecule has 3 aromatic heterocycles. The van der Waals surface area contributed by atoms with Crippen molar-refractivity contribution in [2.24, 2.45) is 0 Å². The Balaban J connectivity index is 1.17. The van der Waals surface area contributed by atoms with Crippen molar-refractivity contribution < 1.29 is 0 Å². The van der Waals surface area contributed by atoms with Crippen LogP contribution in [0.2, 0.25) is 0 Å². The topological polar surface area (TPSA) is 35.6 Å². The van der Waals surface area contributed by atoms with Gasteiger partial charge in [0.1, 0.15) is 5.82 Å². The third kappa shape index (κ3) is 4.20. The molecular formula is C47H30N4. The lowest BCUT2D eigenvalue weighted by atomic mass is 10.0. The molecule has 0 bridgehead atoms. The highest BCUT2D eigenvalue weighted by Gasteiger charge is 2.28. The number of benzene rings is 7. The molecule has 1 aliphatic rings. The van der Waals surface area contributed by atoms with E-state index in [9.17, 15) is 0 Å². The summed E-state index contributed by atoms with van der Waals surface area (Å²) in [5, 5.41) is 4.90. The second-order valence-corrected chi connectivity index (χ2v) is 13.4. The number of hydrogen-bond donors (Lipinski definition) is 0. The molecule has 0 N–H and O–H groups in total. The van der Waals surface area contributed by atoms with Crippen LogP contribution in [0.4, 0.5) is 0 Å². The standard InChI is InChI=1S/C47H30N4/c1-3-13-30(14-4-1)46-48-40-28-33-15-7-8-18-35(33)45(40)47(49-46)51-42-22-12-9-19-36(42)38-25-23-32(29-44(38)51)31-24-26-43-39(27-31)37-20-10-11-21-41(37)50(43)34-16-5-2-6-17-34/h1-27,29H,28H2. The zero-order valence-electron chi connectivity index (χ0n) is 27.7. The number of fused-ring (bicyclic) bond motifs is 9. The van der Waals surface area contributed by atoms with Crippen LogP contribution in [0.1, 0.15) is 11.3 Å². The van der Waals surface area contributed by atoms with Crippen LogP contribution in [-0.4, -0.2) is 19.1 Å². The van der Waals surface area contributed by atoms with Crippen molar-refractivity contribution in [3.05, 3.63) is 181 Å². The molecule has 0 saturated heterocycles. The summed E-state index contributed by atoms with van der Waals surface area (Å²) in [6.45, 7) is 0. The van der Waals surface area contributed by atoms with Crippen molar-refractivity contribution in [1.82, 2.24) is 19.1 Å². The van der Waals surface area contributed by atoms with E-state index in [2.05, 4.69) is 173 Å². The molecular weight excluding hydrogens is 621 g/mol. The molecule has 0 spiro atoms. The fourth-order valence-corrected chi connectivity index (χ4v) is 8.26. The average molecular weight is 651 g/mol. The van der Waals surface area contributed by atoms with Crippen molar-refractivity contribution in [2.45, 2.75) is 6.42 Å². The van der Waals surface area contributed by atoms with Crippen molar-refractivity contribution >= 4 is 43.6 Å². The summed E-state index contributed by atoms with van der Waals surface area (Å²) in [5.74, 6) is 1.67. The lowest BCUT2D eigenvalue weighted by Crippen LogP contribution is -2.05. The van der Waals surface area contributed by atoms with Crippen LogP contribution in [0.5, 0.6) is 0 Å². The van der Waals surface area contributed by atoms with Gasteiger partial charge >= 0.3 is 0 Å². The Bertz CT molecular complexity index is 2990. The molecule has 3 heterocycles. The van der Waals surface area contributed by atoms with Crippen LogP contribution < -0.4 is 0 Å². The zero-order valence-corrected chi connectivity index (χ0v) is 27.7. The van der Waals surface area contributed by atoms with Gasteiger partial charge in [-0.3, -0.25) is 4.57 Å². The molecule has 238 valence electrons. The van der Waals surface area contributed by atoms with Crippen molar-refractivity contribution in [1.29, 1.82) is 0 Å². The summed E-state index contributed by atoms with van der Waals surface area (Å²) in [5.41, 5.74) is 13.9. The molecule has 0 unspecified atom stereocenters. The minimum Gasteiger partial charge on any atom is -0.309 e. The van der Waals surface area contributed by atoms with Gasteiger partial charge in [0.15, 0.2) is 5.82 Å². The maximum absolute atomic E-state index is 5.41. The Hall–Kier alpha value is -6.78. The van der Waals surface area contributed by atoms with Crippen LogP contribution >= 0.6 is 0 Å². The summed E-state index contributed by atoms with van der Waals surface area (Å²) in [6, 6.07) is 60.9. The highest BCUT2D eigenvalue weighted by Crippen LogP contribution is 2.44. The van der Waals surface area contributed by atoms with Gasteiger partial charge in [0.2, 0.25) is 0 Å². The van der Waals surface area contributed by atoms with Crippen molar-refractivity contribution in [2.75, 3.05) is 0 Å². The van der Waals surface area contributed by atoms with Gasteiger partial charge in [0, 0.05) is 44.8 Å². The smallest absolute Gasteiger partial charge is 0.161 e. The first-order valence-corrected chi connectivity index (χ1v) is 17.5. The van der Waals surface area contributed by atoms with Crippen LogP contribution in [0.15, 0.2) is 170 Å². The molecule has 4 heteroatoms. The molecule has 0 amide bonds. The molecule has 4 nitrogen and oxygen atoms in total. The molecule has 0 radical (unpaired) electrons. The Kier molecular flexibility index (Phi) is 5.98. The second-order valence-electron chi connectivity index (χ2n) is 13.4. The van der Waals surface area contributed by atoms with Crippen LogP contribution in [-0.2, 0) is 6.42 Å². The van der Waals surface area contributed by atoms with Crippen LogP contribution in [0.3, 0.4) is 0 Å². The number of aromatic nitrogens is 4. The Morgan fingerprint density at radius 1 is 0.412 bits per heavy atom. The molecule has 0 fully saturated rings. The van der Waals surface area contributed by atoms with E-state index in [1.165, 1.54) is 54.8 Å². The zero-order chi connectivity index (χ0) is 33.5. The van der Waals surface area contributed by atoms with Gasteiger partial charge in [0.25, 0.3) is 0 Å². The molecule has 0 atom stereocenters. The monoisotopic (exact) mass is 650 g/mol. The molecule has 1 aliphatic carbocycles. The van der Waals surface area contributed by atoms with Gasteiger partial charge in [-0.2, -0.15) is 0 Å². The third-order valence-electron chi connectivity index (χ3n) is 10.5. The minimum absolute atomic E-state index is 0.750. The minimum atomic E-state index is 0.750. The normalized spacial score (nSPS) is 12.2. The maximum Gasteiger partial charge on any atom is 0.161 e. The van der Waals surface area contributed by atoms with Gasteiger partial charge in [0.05, 0.1) is 27.8 Å². The predicted molar refractivity (Wildman–Crippen MR) is 210 cm³/mol. The van der Waals surface area contributed by atoms with E-state index in [0.29, 0.717) is 0 Å². The summed E-state index contributed by atoms with van der Waals surface area (Å²) >= 11 is 0. The lowest BCUT2D eigenvalue weighted by molar-refractivity contribution is 1.01. The van der Waals surface area contributed by atoms with E-state index < -0.39 is 0 Å². The van der Waals surface area contributed by atoms with E-state index >= 15 is 0 Å². The van der Waals surface area contributed by atoms with Gasteiger partial charge in [-0.15, -0.1) is 0 Å². The SMILES string of the molecule is c1ccc(-c2nc3c(c(-n4c5ccccc5c5ccc(-c6ccc7c(c6)c6ccccc6n7-c6ccccc6)cc54)n2)-c2ccccc2C3)cc1. The number of rotatable bonds is 4. The van der Waals surface area contributed by atoms with E-state index in [1.54, 1.807) is 0 Å². The second kappa shape index (κ2) is 10.9.